The number of rotatable bonds is 1. The Hall–Kier alpha value is -1.42. The molecule has 0 radical (unpaired) electrons. The van der Waals surface area contributed by atoms with E-state index < -0.39 is 0 Å². The summed E-state index contributed by atoms with van der Waals surface area (Å²) >= 11 is 0. The lowest BCUT2D eigenvalue weighted by molar-refractivity contribution is 0.0652. The molecule has 1 aromatic carbocycles. The van der Waals surface area contributed by atoms with Crippen molar-refractivity contribution in [1.29, 1.82) is 0 Å². The fourth-order valence-electron chi connectivity index (χ4n) is 3.00. The molecular formula is C14H17FN2O. The summed E-state index contributed by atoms with van der Waals surface area (Å²) in [6.07, 6.45) is 3.87. The molecule has 0 atom stereocenters. The Kier molecular flexibility index (Phi) is 2.82. The van der Waals surface area contributed by atoms with Crippen molar-refractivity contribution in [2.45, 2.75) is 44.3 Å². The highest BCUT2D eigenvalue weighted by atomic mass is 19.1. The van der Waals surface area contributed by atoms with Gasteiger partial charge in [-0.1, -0.05) is 6.07 Å². The largest absolute Gasteiger partial charge is 0.331 e. The summed E-state index contributed by atoms with van der Waals surface area (Å²) in [6, 6.07) is 5.04. The summed E-state index contributed by atoms with van der Waals surface area (Å²) in [7, 11) is 0. The third-order valence-electron chi connectivity index (χ3n) is 4.09. The Morgan fingerprint density at radius 3 is 2.67 bits per heavy atom. The van der Waals surface area contributed by atoms with Crippen molar-refractivity contribution in [2.75, 3.05) is 0 Å². The van der Waals surface area contributed by atoms with Gasteiger partial charge in [0.05, 0.1) is 0 Å². The number of hydrogen-bond acceptors (Lipinski definition) is 2. The molecule has 1 aliphatic carbocycles. The highest BCUT2D eigenvalue weighted by Crippen LogP contribution is 2.30. The number of carbonyl (C=O) groups excluding carboxylic acids is 1. The zero-order chi connectivity index (χ0) is 12.7. The Morgan fingerprint density at radius 2 is 1.94 bits per heavy atom. The topological polar surface area (TPSA) is 46.3 Å². The minimum atomic E-state index is -0.338. The van der Waals surface area contributed by atoms with E-state index in [1.165, 1.54) is 12.1 Å². The van der Waals surface area contributed by atoms with Gasteiger partial charge in [0.15, 0.2) is 0 Å². The normalized spacial score (nSPS) is 27.4. The van der Waals surface area contributed by atoms with E-state index in [2.05, 4.69) is 0 Å². The van der Waals surface area contributed by atoms with Crippen LogP contribution in [0.3, 0.4) is 0 Å². The van der Waals surface area contributed by atoms with E-state index in [9.17, 15) is 9.18 Å². The quantitative estimate of drug-likeness (QED) is 0.826. The molecule has 1 saturated carbocycles. The molecule has 0 unspecified atom stereocenters. The Morgan fingerprint density at radius 1 is 1.22 bits per heavy atom. The van der Waals surface area contributed by atoms with Crippen molar-refractivity contribution in [1.82, 2.24) is 4.90 Å². The first kappa shape index (κ1) is 11.7. The highest BCUT2D eigenvalue weighted by molar-refractivity contribution is 5.98. The molecule has 2 N–H and O–H groups in total. The summed E-state index contributed by atoms with van der Waals surface area (Å²) in [5.41, 5.74) is 7.35. The van der Waals surface area contributed by atoms with Gasteiger partial charge in [-0.25, -0.2) is 4.39 Å². The molecule has 1 amide bonds. The first-order valence-corrected chi connectivity index (χ1v) is 6.50. The fourth-order valence-corrected chi connectivity index (χ4v) is 3.00. The van der Waals surface area contributed by atoms with Crippen LogP contribution >= 0.6 is 0 Å². The van der Waals surface area contributed by atoms with Crippen molar-refractivity contribution in [2.24, 2.45) is 5.73 Å². The predicted octanol–water partition coefficient (Wildman–Crippen LogP) is 2.05. The molecule has 96 valence electrons. The van der Waals surface area contributed by atoms with Crippen molar-refractivity contribution in [3.05, 3.63) is 35.1 Å². The standard InChI is InChI=1S/C14H17FN2O/c15-10-2-1-9-8-17(14(18)13(9)7-10)12-5-3-11(16)4-6-12/h1-2,7,11-12H,3-6,8,16H2. The van der Waals surface area contributed by atoms with E-state index in [0.29, 0.717) is 12.1 Å². The lowest BCUT2D eigenvalue weighted by atomic mass is 9.91. The van der Waals surface area contributed by atoms with Crippen LogP contribution in [0.2, 0.25) is 0 Å². The van der Waals surface area contributed by atoms with Crippen molar-refractivity contribution in [3.8, 4) is 0 Å². The summed E-state index contributed by atoms with van der Waals surface area (Å²) in [6.45, 7) is 0.619. The molecule has 3 rings (SSSR count). The zero-order valence-corrected chi connectivity index (χ0v) is 10.2. The van der Waals surface area contributed by atoms with Crippen LogP contribution in [0.4, 0.5) is 4.39 Å². The second-order valence-electron chi connectivity index (χ2n) is 5.30. The molecule has 1 aliphatic heterocycles. The molecule has 0 saturated heterocycles. The van der Waals surface area contributed by atoms with Crippen LogP contribution in [0.5, 0.6) is 0 Å². The van der Waals surface area contributed by atoms with Gasteiger partial charge in [0.2, 0.25) is 0 Å². The average Bonchev–Trinajstić information content (AvgIpc) is 2.68. The maximum atomic E-state index is 13.2. The number of nitrogens with two attached hydrogens (primary N) is 1. The van der Waals surface area contributed by atoms with Gasteiger partial charge in [-0.3, -0.25) is 4.79 Å². The zero-order valence-electron chi connectivity index (χ0n) is 10.2. The smallest absolute Gasteiger partial charge is 0.254 e. The molecule has 1 aromatic rings. The Bertz CT molecular complexity index is 481. The molecule has 2 aliphatic rings. The molecule has 0 aromatic heterocycles. The SMILES string of the molecule is NC1CCC(N2Cc3ccc(F)cc3C2=O)CC1. The summed E-state index contributed by atoms with van der Waals surface area (Å²) in [5.74, 6) is -0.361. The number of fused-ring (bicyclic) bond motifs is 1. The summed E-state index contributed by atoms with van der Waals surface area (Å²) < 4.78 is 13.2. The Balaban J connectivity index is 1.80. The number of hydrogen-bond donors (Lipinski definition) is 1. The summed E-state index contributed by atoms with van der Waals surface area (Å²) in [4.78, 5) is 14.1. The van der Waals surface area contributed by atoms with Crippen molar-refractivity contribution in [3.63, 3.8) is 0 Å². The van der Waals surface area contributed by atoms with E-state index in [1.807, 2.05) is 4.90 Å². The molecular weight excluding hydrogens is 231 g/mol. The van der Waals surface area contributed by atoms with Crippen LogP contribution in [0.15, 0.2) is 18.2 Å². The lowest BCUT2D eigenvalue weighted by Gasteiger charge is -2.33. The number of amides is 1. The highest BCUT2D eigenvalue weighted by Gasteiger charge is 2.34. The van der Waals surface area contributed by atoms with Gasteiger partial charge in [0, 0.05) is 24.2 Å². The van der Waals surface area contributed by atoms with Crippen LogP contribution in [-0.4, -0.2) is 22.9 Å². The third kappa shape index (κ3) is 1.90. The number of nitrogens with zero attached hydrogens (tertiary/aromatic N) is 1. The van der Waals surface area contributed by atoms with Crippen molar-refractivity contribution >= 4 is 5.91 Å². The van der Waals surface area contributed by atoms with Gasteiger partial charge in [-0.2, -0.15) is 0 Å². The average molecular weight is 248 g/mol. The minimum Gasteiger partial charge on any atom is -0.331 e. The number of carbonyl (C=O) groups is 1. The van der Waals surface area contributed by atoms with Gasteiger partial charge in [0.1, 0.15) is 5.82 Å². The molecule has 1 heterocycles. The molecule has 0 spiro atoms. The maximum absolute atomic E-state index is 13.2. The van der Waals surface area contributed by atoms with Crippen LogP contribution in [0.25, 0.3) is 0 Å². The molecule has 3 nitrogen and oxygen atoms in total. The number of halogens is 1. The Labute approximate surface area is 106 Å². The van der Waals surface area contributed by atoms with Gasteiger partial charge < -0.3 is 10.6 Å². The van der Waals surface area contributed by atoms with E-state index in [1.54, 1.807) is 6.07 Å². The molecule has 18 heavy (non-hydrogen) atoms. The van der Waals surface area contributed by atoms with E-state index in [-0.39, 0.29) is 23.8 Å². The monoisotopic (exact) mass is 248 g/mol. The van der Waals surface area contributed by atoms with E-state index >= 15 is 0 Å². The first-order chi connectivity index (χ1) is 8.65. The van der Waals surface area contributed by atoms with Crippen molar-refractivity contribution < 1.29 is 9.18 Å². The van der Waals surface area contributed by atoms with Gasteiger partial charge in [0.25, 0.3) is 5.91 Å². The minimum absolute atomic E-state index is 0.0232. The van der Waals surface area contributed by atoms with E-state index in [4.69, 9.17) is 5.73 Å². The van der Waals surface area contributed by atoms with Gasteiger partial charge in [-0.15, -0.1) is 0 Å². The van der Waals surface area contributed by atoms with Crippen LogP contribution in [-0.2, 0) is 6.54 Å². The number of benzene rings is 1. The van der Waals surface area contributed by atoms with E-state index in [0.717, 1.165) is 31.2 Å². The van der Waals surface area contributed by atoms with Crippen LogP contribution in [0, 0.1) is 5.82 Å². The predicted molar refractivity (Wildman–Crippen MR) is 66.5 cm³/mol. The van der Waals surface area contributed by atoms with Crippen LogP contribution in [0.1, 0.15) is 41.6 Å². The maximum Gasteiger partial charge on any atom is 0.254 e. The fraction of sp³-hybridized carbons (Fsp3) is 0.500. The second-order valence-corrected chi connectivity index (χ2v) is 5.30. The third-order valence-corrected chi connectivity index (χ3v) is 4.09. The van der Waals surface area contributed by atoms with Crippen LogP contribution < -0.4 is 5.73 Å². The van der Waals surface area contributed by atoms with Gasteiger partial charge >= 0.3 is 0 Å². The molecule has 4 heteroatoms. The van der Waals surface area contributed by atoms with Gasteiger partial charge in [-0.05, 0) is 43.4 Å². The first-order valence-electron chi connectivity index (χ1n) is 6.50. The summed E-state index contributed by atoms with van der Waals surface area (Å²) in [5, 5.41) is 0. The molecule has 0 bridgehead atoms. The molecule has 1 fully saturated rings. The second kappa shape index (κ2) is 4.35. The lowest BCUT2D eigenvalue weighted by Crippen LogP contribution is -2.40.